The molecule has 4 nitrogen and oxygen atoms in total. The molecule has 0 aliphatic carbocycles. The Morgan fingerprint density at radius 2 is 1.31 bits per heavy atom. The van der Waals surface area contributed by atoms with Crippen LogP contribution in [-0.2, 0) is 0 Å². The summed E-state index contributed by atoms with van der Waals surface area (Å²) in [6, 6.07) is 1.51. The van der Waals surface area contributed by atoms with Crippen LogP contribution in [0.4, 0.5) is 0 Å². The van der Waals surface area contributed by atoms with E-state index in [1.807, 2.05) is 0 Å². The summed E-state index contributed by atoms with van der Waals surface area (Å²) < 4.78 is 0. The summed E-state index contributed by atoms with van der Waals surface area (Å²) in [6.07, 6.45) is 2.77. The quantitative estimate of drug-likeness (QED) is 0.763. The Bertz CT molecular complexity index is 450. The second-order valence-corrected chi connectivity index (χ2v) is 11.2. The summed E-state index contributed by atoms with van der Waals surface area (Å²) in [4.78, 5) is 10.8. The van der Waals surface area contributed by atoms with Crippen LogP contribution >= 0.6 is 0 Å². The van der Waals surface area contributed by atoms with Gasteiger partial charge in [-0.1, -0.05) is 0 Å². The van der Waals surface area contributed by atoms with Crippen molar-refractivity contribution in [2.75, 3.05) is 52.4 Å². The number of piperazine rings is 1. The number of hydrogen-bond acceptors (Lipinski definition) is 4. The first-order valence-corrected chi connectivity index (χ1v) is 11.0. The normalized spacial score (nSPS) is 29.9. The first kappa shape index (κ1) is 20.6. The number of piperidine rings is 1. The zero-order valence-corrected chi connectivity index (χ0v) is 18.6. The van der Waals surface area contributed by atoms with Crippen LogP contribution in [0.1, 0.15) is 61.3 Å². The molecule has 0 saturated carbocycles. The largest absolute Gasteiger partial charge is 0.300 e. The minimum absolute atomic E-state index is 0.337. The van der Waals surface area contributed by atoms with Crippen LogP contribution in [-0.4, -0.2) is 95.1 Å². The predicted molar refractivity (Wildman–Crippen MR) is 112 cm³/mol. The summed E-state index contributed by atoms with van der Waals surface area (Å²) in [5.41, 5.74) is 0.679. The lowest BCUT2D eigenvalue weighted by molar-refractivity contribution is -0.0594. The third-order valence-electron chi connectivity index (χ3n) is 7.12. The highest BCUT2D eigenvalue weighted by molar-refractivity contribution is 4.97. The van der Waals surface area contributed by atoms with Gasteiger partial charge in [0.2, 0.25) is 0 Å². The van der Waals surface area contributed by atoms with E-state index in [0.717, 1.165) is 12.0 Å². The van der Waals surface area contributed by atoms with E-state index in [0.29, 0.717) is 17.1 Å². The van der Waals surface area contributed by atoms with Crippen LogP contribution in [0.15, 0.2) is 0 Å². The molecule has 0 spiro atoms. The zero-order chi connectivity index (χ0) is 19.1. The van der Waals surface area contributed by atoms with Gasteiger partial charge < -0.3 is 4.90 Å². The van der Waals surface area contributed by atoms with Crippen molar-refractivity contribution in [3.8, 4) is 0 Å². The smallest absolute Gasteiger partial charge is 0.0354 e. The van der Waals surface area contributed by atoms with Gasteiger partial charge in [-0.05, 0) is 80.3 Å². The lowest BCUT2D eigenvalue weighted by Gasteiger charge is -2.55. The lowest BCUT2D eigenvalue weighted by atomic mass is 9.92. The number of rotatable bonds is 3. The Labute approximate surface area is 162 Å². The minimum Gasteiger partial charge on any atom is -0.300 e. The molecule has 0 bridgehead atoms. The topological polar surface area (TPSA) is 13.0 Å². The average Bonchev–Trinajstić information content (AvgIpc) is 2.46. The average molecular weight is 365 g/mol. The fourth-order valence-electron chi connectivity index (χ4n) is 5.12. The van der Waals surface area contributed by atoms with Crippen molar-refractivity contribution in [2.24, 2.45) is 5.92 Å². The molecule has 26 heavy (non-hydrogen) atoms. The van der Waals surface area contributed by atoms with Gasteiger partial charge in [0.25, 0.3) is 0 Å². The third kappa shape index (κ3) is 4.81. The van der Waals surface area contributed by atoms with E-state index >= 15 is 0 Å². The van der Waals surface area contributed by atoms with Gasteiger partial charge in [0.1, 0.15) is 0 Å². The van der Waals surface area contributed by atoms with Crippen molar-refractivity contribution < 1.29 is 0 Å². The van der Waals surface area contributed by atoms with Crippen molar-refractivity contribution in [1.82, 2.24) is 19.6 Å². The Morgan fingerprint density at radius 1 is 0.731 bits per heavy atom. The van der Waals surface area contributed by atoms with Crippen LogP contribution in [0, 0.1) is 5.92 Å². The molecule has 3 saturated heterocycles. The summed E-state index contributed by atoms with van der Waals surface area (Å²) in [6.45, 7) is 26.8. The maximum absolute atomic E-state index is 2.79. The molecule has 0 amide bonds. The summed E-state index contributed by atoms with van der Waals surface area (Å²) in [5, 5.41) is 0. The van der Waals surface area contributed by atoms with E-state index in [1.165, 1.54) is 65.2 Å². The van der Waals surface area contributed by atoms with Crippen molar-refractivity contribution in [3.63, 3.8) is 0 Å². The van der Waals surface area contributed by atoms with E-state index in [9.17, 15) is 0 Å². The standard InChI is InChI=1S/C22H44N4/c1-18-14-23(15-19-8-10-24(11-9-19)21(2,3)4)12-13-26(18)20-16-25(17-20)22(5,6)7/h18-20H,8-17H2,1-7H3. The van der Waals surface area contributed by atoms with Crippen LogP contribution in [0.5, 0.6) is 0 Å². The van der Waals surface area contributed by atoms with Crippen molar-refractivity contribution in [2.45, 2.75) is 84.5 Å². The highest BCUT2D eigenvalue weighted by Gasteiger charge is 2.40. The van der Waals surface area contributed by atoms with Crippen LogP contribution in [0.25, 0.3) is 0 Å². The van der Waals surface area contributed by atoms with Crippen molar-refractivity contribution >= 4 is 0 Å². The molecule has 1 atom stereocenters. The molecule has 4 heteroatoms. The van der Waals surface area contributed by atoms with Gasteiger partial charge in [-0.25, -0.2) is 0 Å². The molecule has 3 heterocycles. The van der Waals surface area contributed by atoms with Gasteiger partial charge in [0.05, 0.1) is 0 Å². The summed E-state index contributed by atoms with van der Waals surface area (Å²) in [5.74, 6) is 0.910. The van der Waals surface area contributed by atoms with Gasteiger partial charge in [0.15, 0.2) is 0 Å². The Morgan fingerprint density at radius 3 is 1.81 bits per heavy atom. The minimum atomic E-state index is 0.337. The van der Waals surface area contributed by atoms with Crippen LogP contribution in [0.2, 0.25) is 0 Å². The molecule has 0 aromatic rings. The molecule has 3 fully saturated rings. The molecule has 0 aromatic heterocycles. The van der Waals surface area contributed by atoms with Gasteiger partial charge >= 0.3 is 0 Å². The van der Waals surface area contributed by atoms with E-state index in [1.54, 1.807) is 0 Å². The third-order valence-corrected chi connectivity index (χ3v) is 7.12. The first-order valence-electron chi connectivity index (χ1n) is 11.0. The highest BCUT2D eigenvalue weighted by atomic mass is 15.4. The zero-order valence-electron chi connectivity index (χ0n) is 18.6. The number of likely N-dealkylation sites (tertiary alicyclic amines) is 2. The van der Waals surface area contributed by atoms with Crippen LogP contribution < -0.4 is 0 Å². The second-order valence-electron chi connectivity index (χ2n) is 11.2. The van der Waals surface area contributed by atoms with E-state index in [-0.39, 0.29) is 0 Å². The van der Waals surface area contributed by atoms with E-state index in [4.69, 9.17) is 0 Å². The fourth-order valence-corrected chi connectivity index (χ4v) is 5.12. The fraction of sp³-hybridized carbons (Fsp3) is 1.00. The Balaban J connectivity index is 1.40. The molecule has 1 unspecified atom stereocenters. The molecule has 3 aliphatic heterocycles. The number of hydrogen-bond donors (Lipinski definition) is 0. The predicted octanol–water partition coefficient (Wildman–Crippen LogP) is 2.99. The molecule has 152 valence electrons. The van der Waals surface area contributed by atoms with Gasteiger partial charge in [-0.2, -0.15) is 0 Å². The molecule has 3 aliphatic rings. The maximum atomic E-state index is 2.79. The highest BCUT2D eigenvalue weighted by Crippen LogP contribution is 2.28. The monoisotopic (exact) mass is 364 g/mol. The van der Waals surface area contributed by atoms with Crippen molar-refractivity contribution in [3.05, 3.63) is 0 Å². The Hall–Kier alpha value is -0.160. The summed E-state index contributed by atoms with van der Waals surface area (Å²) in [7, 11) is 0. The second kappa shape index (κ2) is 7.69. The molecule has 0 aromatic carbocycles. The van der Waals surface area contributed by atoms with Gasteiger partial charge in [-0.3, -0.25) is 14.7 Å². The van der Waals surface area contributed by atoms with E-state index < -0.39 is 0 Å². The molecule has 0 radical (unpaired) electrons. The Kier molecular flexibility index (Phi) is 6.09. The molecular weight excluding hydrogens is 320 g/mol. The first-order chi connectivity index (χ1) is 12.0. The molecular formula is C22H44N4. The van der Waals surface area contributed by atoms with Gasteiger partial charge in [0, 0.05) is 62.4 Å². The summed E-state index contributed by atoms with van der Waals surface area (Å²) >= 11 is 0. The SMILES string of the molecule is CC1CN(CC2CCN(C(C)(C)C)CC2)CCN1C1CN(C(C)(C)C)C1. The van der Waals surface area contributed by atoms with Gasteiger partial charge in [-0.15, -0.1) is 0 Å². The molecule has 3 rings (SSSR count). The molecule has 0 N–H and O–H groups in total. The van der Waals surface area contributed by atoms with Crippen molar-refractivity contribution in [1.29, 1.82) is 0 Å². The maximum Gasteiger partial charge on any atom is 0.0354 e. The van der Waals surface area contributed by atoms with Crippen LogP contribution in [0.3, 0.4) is 0 Å². The lowest BCUT2D eigenvalue weighted by Crippen LogP contribution is -2.68. The van der Waals surface area contributed by atoms with E-state index in [2.05, 4.69) is 68.1 Å². The number of nitrogens with zero attached hydrogens (tertiary/aromatic N) is 4.